The number of thiophene rings is 1. The third-order valence-electron chi connectivity index (χ3n) is 7.08. The summed E-state index contributed by atoms with van der Waals surface area (Å²) in [6.45, 7) is 13.4. The van der Waals surface area contributed by atoms with E-state index in [4.69, 9.17) is 9.40 Å². The van der Waals surface area contributed by atoms with E-state index < -0.39 is 0 Å². The number of pyridine rings is 2. The molecule has 37 heavy (non-hydrogen) atoms. The maximum absolute atomic E-state index is 5.97. The highest BCUT2D eigenvalue weighted by Crippen LogP contribution is 2.40. The molecule has 0 N–H and O–H groups in total. The molecule has 3 nitrogen and oxygen atoms in total. The maximum Gasteiger partial charge on any atom is 0.227 e. The number of furan rings is 1. The average molecular weight is 505 g/mol. The van der Waals surface area contributed by atoms with Gasteiger partial charge in [-0.05, 0) is 94.1 Å². The molecule has 0 spiro atoms. The molecule has 0 unspecified atom stereocenters. The molecule has 4 aromatic heterocycles. The quantitative estimate of drug-likeness (QED) is 0.240. The van der Waals surface area contributed by atoms with E-state index in [-0.39, 0.29) is 5.41 Å². The molecule has 186 valence electrons. The standard InChI is InChI=1S/C33H32N2OS/c1-19(2)11-25-13-23-8-7-21(15-30(23)37-25)26-16-29(35-32-31(26)20(3)18-36-32)24-12-22-9-10-34-17-27(22)28(14-24)33(4,5)6/h7-10,12-19H,11H2,1-6H3. The van der Waals surface area contributed by atoms with Gasteiger partial charge in [-0.25, -0.2) is 4.98 Å². The van der Waals surface area contributed by atoms with Gasteiger partial charge in [0.1, 0.15) is 0 Å². The van der Waals surface area contributed by atoms with E-state index in [1.165, 1.54) is 42.4 Å². The smallest absolute Gasteiger partial charge is 0.227 e. The maximum atomic E-state index is 5.97. The van der Waals surface area contributed by atoms with Crippen LogP contribution < -0.4 is 0 Å². The van der Waals surface area contributed by atoms with Crippen LogP contribution in [0.3, 0.4) is 0 Å². The van der Waals surface area contributed by atoms with Crippen LogP contribution in [0.2, 0.25) is 0 Å². The third kappa shape index (κ3) is 4.34. The Balaban J connectivity index is 1.56. The molecule has 2 aromatic carbocycles. The monoisotopic (exact) mass is 504 g/mol. The summed E-state index contributed by atoms with van der Waals surface area (Å²) in [4.78, 5) is 10.8. The molecule has 0 bridgehead atoms. The Morgan fingerprint density at radius 1 is 0.946 bits per heavy atom. The van der Waals surface area contributed by atoms with Gasteiger partial charge in [0.2, 0.25) is 5.71 Å². The Hall–Kier alpha value is -3.50. The number of hydrogen-bond donors (Lipinski definition) is 0. The van der Waals surface area contributed by atoms with Crippen LogP contribution in [0, 0.1) is 12.8 Å². The Labute approximate surface area is 222 Å². The molecule has 4 heteroatoms. The molecule has 0 radical (unpaired) electrons. The minimum Gasteiger partial charge on any atom is -0.446 e. The molecule has 0 saturated heterocycles. The first-order chi connectivity index (χ1) is 17.7. The molecule has 0 aliphatic heterocycles. The number of fused-ring (bicyclic) bond motifs is 3. The van der Waals surface area contributed by atoms with E-state index in [0.717, 1.165) is 28.6 Å². The van der Waals surface area contributed by atoms with Gasteiger partial charge in [0.25, 0.3) is 0 Å². The Morgan fingerprint density at radius 2 is 1.78 bits per heavy atom. The zero-order valence-electron chi connectivity index (χ0n) is 22.3. The van der Waals surface area contributed by atoms with Crippen molar-refractivity contribution < 1.29 is 4.42 Å². The second kappa shape index (κ2) is 8.81. The van der Waals surface area contributed by atoms with Crippen molar-refractivity contribution in [1.29, 1.82) is 0 Å². The summed E-state index contributed by atoms with van der Waals surface area (Å²) in [6, 6.07) is 18.0. The first-order valence-corrected chi connectivity index (χ1v) is 13.8. The molecule has 4 heterocycles. The van der Waals surface area contributed by atoms with Crippen molar-refractivity contribution in [3.63, 3.8) is 0 Å². The lowest BCUT2D eigenvalue weighted by atomic mass is 9.82. The van der Waals surface area contributed by atoms with Crippen molar-refractivity contribution in [2.24, 2.45) is 5.92 Å². The van der Waals surface area contributed by atoms with Crippen LogP contribution in [0.15, 0.2) is 71.6 Å². The second-order valence-corrected chi connectivity index (χ2v) is 12.8. The first-order valence-electron chi connectivity index (χ1n) is 13.0. The van der Waals surface area contributed by atoms with E-state index in [2.05, 4.69) is 95.1 Å². The molecule has 0 saturated carbocycles. The number of aryl methyl sites for hydroxylation is 1. The molecule has 0 aliphatic carbocycles. The van der Waals surface area contributed by atoms with Crippen LogP contribution in [0.4, 0.5) is 0 Å². The fourth-order valence-corrected chi connectivity index (χ4v) is 6.61. The SMILES string of the molecule is Cc1coc2nc(-c3cc(C(C)(C)C)c4cnccc4c3)cc(-c3ccc4cc(CC(C)C)sc4c3)c12. The van der Waals surface area contributed by atoms with Crippen molar-refractivity contribution in [3.8, 4) is 22.4 Å². The number of hydrogen-bond acceptors (Lipinski definition) is 4. The van der Waals surface area contributed by atoms with Crippen LogP contribution in [0.25, 0.3) is 54.3 Å². The van der Waals surface area contributed by atoms with Crippen molar-refractivity contribution in [1.82, 2.24) is 9.97 Å². The zero-order chi connectivity index (χ0) is 25.9. The fourth-order valence-electron chi connectivity index (χ4n) is 5.29. The normalized spacial score (nSPS) is 12.4. The minimum absolute atomic E-state index is 0.0244. The van der Waals surface area contributed by atoms with Gasteiger partial charge in [-0.1, -0.05) is 46.8 Å². The number of aromatic nitrogens is 2. The lowest BCUT2D eigenvalue weighted by molar-refractivity contribution is 0.596. The summed E-state index contributed by atoms with van der Waals surface area (Å²) in [5.74, 6) is 0.652. The lowest BCUT2D eigenvalue weighted by Crippen LogP contribution is -2.12. The Morgan fingerprint density at radius 3 is 2.57 bits per heavy atom. The van der Waals surface area contributed by atoms with Crippen LogP contribution in [0.5, 0.6) is 0 Å². The van der Waals surface area contributed by atoms with Crippen LogP contribution in [-0.4, -0.2) is 9.97 Å². The first kappa shape index (κ1) is 23.9. The van der Waals surface area contributed by atoms with Gasteiger partial charge < -0.3 is 4.42 Å². The van der Waals surface area contributed by atoms with Gasteiger partial charge in [-0.2, -0.15) is 0 Å². The molecular weight excluding hydrogens is 472 g/mol. The van der Waals surface area contributed by atoms with E-state index >= 15 is 0 Å². The lowest BCUT2D eigenvalue weighted by Gasteiger charge is -2.22. The van der Waals surface area contributed by atoms with Crippen molar-refractivity contribution in [2.75, 3.05) is 0 Å². The summed E-state index contributed by atoms with van der Waals surface area (Å²) in [6.07, 6.45) is 6.77. The number of nitrogens with zero attached hydrogens (tertiary/aromatic N) is 2. The summed E-state index contributed by atoms with van der Waals surface area (Å²) >= 11 is 1.91. The van der Waals surface area contributed by atoms with Gasteiger partial charge in [0, 0.05) is 32.9 Å². The molecule has 6 aromatic rings. The van der Waals surface area contributed by atoms with E-state index in [1.54, 1.807) is 0 Å². The van der Waals surface area contributed by atoms with Gasteiger partial charge in [0.05, 0.1) is 17.3 Å². The third-order valence-corrected chi connectivity index (χ3v) is 8.20. The van der Waals surface area contributed by atoms with Gasteiger partial charge in [-0.15, -0.1) is 11.3 Å². The van der Waals surface area contributed by atoms with Crippen molar-refractivity contribution in [2.45, 2.75) is 53.4 Å². The number of rotatable bonds is 4. The topological polar surface area (TPSA) is 38.9 Å². The van der Waals surface area contributed by atoms with Crippen molar-refractivity contribution >= 4 is 43.3 Å². The molecule has 0 atom stereocenters. The molecule has 0 amide bonds. The molecule has 0 aliphatic rings. The largest absolute Gasteiger partial charge is 0.446 e. The van der Waals surface area contributed by atoms with Crippen LogP contribution in [-0.2, 0) is 11.8 Å². The van der Waals surface area contributed by atoms with Crippen LogP contribution in [0.1, 0.15) is 50.6 Å². The molecule has 0 fully saturated rings. The summed E-state index contributed by atoms with van der Waals surface area (Å²) < 4.78 is 7.30. The number of benzene rings is 2. The Bertz CT molecular complexity index is 1780. The fraction of sp³-hybridized carbons (Fsp3) is 0.273. The summed E-state index contributed by atoms with van der Waals surface area (Å²) in [7, 11) is 0. The van der Waals surface area contributed by atoms with E-state index in [9.17, 15) is 0 Å². The van der Waals surface area contributed by atoms with Gasteiger partial charge in [0.15, 0.2) is 0 Å². The van der Waals surface area contributed by atoms with Crippen LogP contribution >= 0.6 is 11.3 Å². The summed E-state index contributed by atoms with van der Waals surface area (Å²) in [5.41, 5.74) is 7.42. The predicted molar refractivity (Wildman–Crippen MR) is 158 cm³/mol. The average Bonchev–Trinajstić information content (AvgIpc) is 3.43. The molecule has 6 rings (SSSR count). The highest BCUT2D eigenvalue weighted by molar-refractivity contribution is 7.19. The van der Waals surface area contributed by atoms with E-state index in [1.807, 2.05) is 30.0 Å². The van der Waals surface area contributed by atoms with Gasteiger partial charge >= 0.3 is 0 Å². The summed E-state index contributed by atoms with van der Waals surface area (Å²) in [5, 5.41) is 4.77. The Kier molecular flexibility index (Phi) is 5.68. The van der Waals surface area contributed by atoms with Gasteiger partial charge in [-0.3, -0.25) is 4.98 Å². The zero-order valence-corrected chi connectivity index (χ0v) is 23.2. The van der Waals surface area contributed by atoms with Crippen molar-refractivity contribution in [3.05, 3.63) is 83.2 Å². The predicted octanol–water partition coefficient (Wildman–Crippen LogP) is 9.73. The van der Waals surface area contributed by atoms with E-state index in [0.29, 0.717) is 11.6 Å². The highest BCUT2D eigenvalue weighted by atomic mass is 32.1. The minimum atomic E-state index is -0.0244. The second-order valence-electron chi connectivity index (χ2n) is 11.6. The molecular formula is C33H32N2OS. The highest BCUT2D eigenvalue weighted by Gasteiger charge is 2.21.